The molecule has 0 heterocycles. The molecule has 0 amide bonds. The van der Waals surface area contributed by atoms with E-state index < -0.39 is 21.7 Å². The Hall–Kier alpha value is -1.05. The first kappa shape index (κ1) is 17.0. The van der Waals surface area contributed by atoms with Gasteiger partial charge in [0.2, 0.25) is 10.0 Å². The second-order valence-electron chi connectivity index (χ2n) is 4.45. The third-order valence-electron chi connectivity index (χ3n) is 3.20. The molecule has 0 saturated carbocycles. The predicted molar refractivity (Wildman–Crippen MR) is 73.7 cm³/mol. The summed E-state index contributed by atoms with van der Waals surface area (Å²) in [5, 5.41) is 0. The minimum Gasteiger partial charge on any atom is -0.329 e. The topological polar surface area (TPSA) is 63.4 Å². The van der Waals surface area contributed by atoms with Gasteiger partial charge in [-0.3, -0.25) is 0 Å². The van der Waals surface area contributed by atoms with Crippen LogP contribution in [0, 0.1) is 11.6 Å². The van der Waals surface area contributed by atoms with Crippen LogP contribution in [0.25, 0.3) is 0 Å². The van der Waals surface area contributed by atoms with E-state index in [1.165, 1.54) is 4.31 Å². The molecule has 114 valence electrons. The van der Waals surface area contributed by atoms with Gasteiger partial charge in [-0.25, -0.2) is 17.2 Å². The molecule has 0 atom stereocenters. The Morgan fingerprint density at radius 3 is 2.25 bits per heavy atom. The van der Waals surface area contributed by atoms with Crippen molar-refractivity contribution in [2.45, 2.75) is 37.6 Å². The normalized spacial score (nSPS) is 12.3. The summed E-state index contributed by atoms with van der Waals surface area (Å²) in [4.78, 5) is -0.253. The molecular weight excluding hydrogens is 286 g/mol. The highest BCUT2D eigenvalue weighted by Crippen LogP contribution is 2.22. The Morgan fingerprint density at radius 2 is 1.80 bits per heavy atom. The molecule has 4 nitrogen and oxygen atoms in total. The molecule has 1 rings (SSSR count). The standard InChI is InChI=1S/C13H20F2N2O2S/c1-3-10(4-2)17(8-7-16)20(18,19)11-5-6-12(14)13(15)9-11/h5-6,9-10H,3-4,7-8,16H2,1-2H3. The van der Waals surface area contributed by atoms with E-state index in [1.54, 1.807) is 0 Å². The highest BCUT2D eigenvalue weighted by Gasteiger charge is 2.29. The highest BCUT2D eigenvalue weighted by molar-refractivity contribution is 7.89. The van der Waals surface area contributed by atoms with Crippen molar-refractivity contribution in [3.8, 4) is 0 Å². The van der Waals surface area contributed by atoms with E-state index in [0.717, 1.165) is 12.1 Å². The molecule has 0 radical (unpaired) electrons. The van der Waals surface area contributed by atoms with Crippen LogP contribution in [0.2, 0.25) is 0 Å². The largest absolute Gasteiger partial charge is 0.329 e. The van der Waals surface area contributed by atoms with Gasteiger partial charge in [0.15, 0.2) is 11.6 Å². The lowest BCUT2D eigenvalue weighted by Gasteiger charge is -2.29. The van der Waals surface area contributed by atoms with E-state index >= 15 is 0 Å². The van der Waals surface area contributed by atoms with Crippen LogP contribution in [-0.2, 0) is 10.0 Å². The smallest absolute Gasteiger partial charge is 0.243 e. The zero-order valence-corrected chi connectivity index (χ0v) is 12.5. The van der Waals surface area contributed by atoms with Crippen molar-refractivity contribution in [2.24, 2.45) is 5.73 Å². The number of hydrogen-bond donors (Lipinski definition) is 1. The zero-order chi connectivity index (χ0) is 15.3. The molecule has 20 heavy (non-hydrogen) atoms. The number of hydrogen-bond acceptors (Lipinski definition) is 3. The molecule has 1 aromatic rings. The third kappa shape index (κ3) is 3.53. The number of nitrogens with two attached hydrogens (primary N) is 1. The van der Waals surface area contributed by atoms with Crippen LogP contribution in [0.4, 0.5) is 8.78 Å². The Morgan fingerprint density at radius 1 is 1.20 bits per heavy atom. The van der Waals surface area contributed by atoms with Crippen molar-refractivity contribution in [1.82, 2.24) is 4.31 Å². The molecule has 0 spiro atoms. The fraction of sp³-hybridized carbons (Fsp3) is 0.538. The molecule has 0 aromatic heterocycles. The SMILES string of the molecule is CCC(CC)N(CCN)S(=O)(=O)c1ccc(F)c(F)c1. The van der Waals surface area contributed by atoms with Gasteiger partial charge in [-0.05, 0) is 31.0 Å². The molecule has 0 unspecified atom stereocenters. The fourth-order valence-corrected chi connectivity index (χ4v) is 3.89. The Labute approximate surface area is 118 Å². The van der Waals surface area contributed by atoms with Crippen LogP contribution in [0.1, 0.15) is 26.7 Å². The number of halogens is 2. The van der Waals surface area contributed by atoms with Gasteiger partial charge < -0.3 is 5.73 Å². The summed E-state index contributed by atoms with van der Waals surface area (Å²) in [5.74, 6) is -2.25. The highest BCUT2D eigenvalue weighted by atomic mass is 32.2. The number of sulfonamides is 1. The number of rotatable bonds is 7. The second-order valence-corrected chi connectivity index (χ2v) is 6.34. The van der Waals surface area contributed by atoms with Crippen LogP contribution in [0.5, 0.6) is 0 Å². The van der Waals surface area contributed by atoms with Crippen LogP contribution < -0.4 is 5.73 Å². The lowest BCUT2D eigenvalue weighted by Crippen LogP contribution is -2.42. The maximum Gasteiger partial charge on any atom is 0.243 e. The van der Waals surface area contributed by atoms with E-state index in [-0.39, 0.29) is 24.0 Å². The van der Waals surface area contributed by atoms with Gasteiger partial charge >= 0.3 is 0 Å². The molecule has 0 fully saturated rings. The van der Waals surface area contributed by atoms with Gasteiger partial charge in [0.25, 0.3) is 0 Å². The molecule has 7 heteroatoms. The van der Waals surface area contributed by atoms with Gasteiger partial charge in [0, 0.05) is 19.1 Å². The first-order valence-corrected chi connectivity index (χ1v) is 7.99. The second kappa shape index (κ2) is 7.10. The van der Waals surface area contributed by atoms with Crippen molar-refractivity contribution in [2.75, 3.05) is 13.1 Å². The number of nitrogens with zero attached hydrogens (tertiary/aromatic N) is 1. The van der Waals surface area contributed by atoms with Gasteiger partial charge in [0.05, 0.1) is 4.90 Å². The van der Waals surface area contributed by atoms with Gasteiger partial charge in [-0.2, -0.15) is 4.31 Å². The first-order chi connectivity index (χ1) is 9.38. The minimum atomic E-state index is -3.88. The van der Waals surface area contributed by atoms with Crippen molar-refractivity contribution in [1.29, 1.82) is 0 Å². The van der Waals surface area contributed by atoms with Crippen molar-refractivity contribution in [3.05, 3.63) is 29.8 Å². The Bertz CT molecular complexity index is 545. The maximum atomic E-state index is 13.2. The summed E-state index contributed by atoms with van der Waals surface area (Å²) in [5.41, 5.74) is 5.47. The van der Waals surface area contributed by atoms with Crippen LogP contribution >= 0.6 is 0 Å². The summed E-state index contributed by atoms with van der Waals surface area (Å²) in [6.07, 6.45) is 1.25. The van der Waals surface area contributed by atoms with Crippen LogP contribution in [0.3, 0.4) is 0 Å². The summed E-state index contributed by atoms with van der Waals surface area (Å²) >= 11 is 0. The van der Waals surface area contributed by atoms with E-state index in [0.29, 0.717) is 18.9 Å². The van der Waals surface area contributed by atoms with Gasteiger partial charge in [0.1, 0.15) is 0 Å². The quantitative estimate of drug-likeness (QED) is 0.839. The predicted octanol–water partition coefficient (Wildman–Crippen LogP) is 2.10. The minimum absolute atomic E-state index is 0.147. The molecule has 0 saturated heterocycles. The van der Waals surface area contributed by atoms with E-state index in [2.05, 4.69) is 0 Å². The summed E-state index contributed by atoms with van der Waals surface area (Å²) in [7, 11) is -3.88. The molecule has 0 aliphatic rings. The molecule has 1 aromatic carbocycles. The molecule has 0 bridgehead atoms. The van der Waals surface area contributed by atoms with Crippen molar-refractivity contribution < 1.29 is 17.2 Å². The Balaban J connectivity index is 3.24. The monoisotopic (exact) mass is 306 g/mol. The molecular formula is C13H20F2N2O2S. The van der Waals surface area contributed by atoms with Crippen molar-refractivity contribution in [3.63, 3.8) is 0 Å². The zero-order valence-electron chi connectivity index (χ0n) is 11.6. The summed E-state index contributed by atoms with van der Waals surface area (Å²) in [6.45, 7) is 4.06. The van der Waals surface area contributed by atoms with Crippen LogP contribution in [0.15, 0.2) is 23.1 Å². The summed E-state index contributed by atoms with van der Waals surface area (Å²) < 4.78 is 52.5. The fourth-order valence-electron chi connectivity index (χ4n) is 2.09. The Kier molecular flexibility index (Phi) is 6.04. The summed E-state index contributed by atoms with van der Waals surface area (Å²) in [6, 6.07) is 2.38. The molecule has 2 N–H and O–H groups in total. The lowest BCUT2D eigenvalue weighted by molar-refractivity contribution is 0.309. The van der Waals surface area contributed by atoms with E-state index in [1.807, 2.05) is 13.8 Å². The average molecular weight is 306 g/mol. The van der Waals surface area contributed by atoms with Gasteiger partial charge in [-0.15, -0.1) is 0 Å². The maximum absolute atomic E-state index is 13.2. The first-order valence-electron chi connectivity index (χ1n) is 6.55. The van der Waals surface area contributed by atoms with Crippen molar-refractivity contribution >= 4 is 10.0 Å². The van der Waals surface area contributed by atoms with E-state index in [9.17, 15) is 17.2 Å². The number of benzene rings is 1. The molecule has 0 aliphatic carbocycles. The third-order valence-corrected chi connectivity index (χ3v) is 5.14. The molecule has 0 aliphatic heterocycles. The van der Waals surface area contributed by atoms with E-state index in [4.69, 9.17) is 5.73 Å². The van der Waals surface area contributed by atoms with Crippen LogP contribution in [-0.4, -0.2) is 31.9 Å². The lowest BCUT2D eigenvalue weighted by atomic mass is 10.2. The van der Waals surface area contributed by atoms with Gasteiger partial charge in [-0.1, -0.05) is 13.8 Å². The average Bonchev–Trinajstić information content (AvgIpc) is 2.42.